The maximum atomic E-state index is 12.6. The van der Waals surface area contributed by atoms with Crippen molar-refractivity contribution >= 4 is 23.0 Å². The van der Waals surface area contributed by atoms with Crippen molar-refractivity contribution in [3.05, 3.63) is 78.1 Å². The summed E-state index contributed by atoms with van der Waals surface area (Å²) in [4.78, 5) is 16.4. The zero-order valence-electron chi connectivity index (χ0n) is 14.7. The number of alkyl halides is 3. The van der Waals surface area contributed by atoms with E-state index in [2.05, 4.69) is 15.6 Å². The van der Waals surface area contributed by atoms with Gasteiger partial charge in [-0.15, -0.1) is 0 Å². The van der Waals surface area contributed by atoms with Crippen molar-refractivity contribution in [2.24, 2.45) is 0 Å². The highest BCUT2D eigenvalue weighted by Gasteiger charge is 2.29. The maximum absolute atomic E-state index is 12.6. The molecule has 144 valence electrons. The van der Waals surface area contributed by atoms with Crippen LogP contribution in [0, 0.1) is 0 Å². The van der Waals surface area contributed by atoms with Gasteiger partial charge in [-0.25, -0.2) is 4.98 Å². The van der Waals surface area contributed by atoms with Gasteiger partial charge in [-0.05, 0) is 48.5 Å². The summed E-state index contributed by atoms with van der Waals surface area (Å²) in [5.41, 5.74) is 1.06. The molecule has 0 bridgehead atoms. The lowest BCUT2D eigenvalue weighted by Crippen LogP contribution is -2.13. The number of hydrogen-bond donors (Lipinski definition) is 2. The number of carbonyl (C=O) groups excluding carboxylic acids is 1. The molecule has 0 unspecified atom stereocenters. The summed E-state index contributed by atoms with van der Waals surface area (Å²) in [5, 5.41) is 5.65. The van der Waals surface area contributed by atoms with Crippen LogP contribution in [0.15, 0.2) is 66.9 Å². The predicted molar refractivity (Wildman–Crippen MR) is 99.9 cm³/mol. The standard InChI is InChI=1S/C20H16F3N3O2/c1-28-17-4-2-3-15(11-17)26-19(27)18-10-9-16(12-24-18)25-14-7-5-13(6-8-14)20(21,22)23/h2-12,25H,1H3,(H,26,27). The van der Waals surface area contributed by atoms with Crippen molar-refractivity contribution < 1.29 is 22.7 Å². The van der Waals surface area contributed by atoms with Gasteiger partial charge in [-0.3, -0.25) is 4.79 Å². The maximum Gasteiger partial charge on any atom is 0.416 e. The molecule has 3 rings (SSSR count). The quantitative estimate of drug-likeness (QED) is 0.639. The first-order chi connectivity index (χ1) is 13.3. The number of halogens is 3. The molecule has 1 heterocycles. The van der Waals surface area contributed by atoms with Crippen molar-refractivity contribution in [3.8, 4) is 5.75 Å². The highest BCUT2D eigenvalue weighted by molar-refractivity contribution is 6.03. The Hall–Kier alpha value is -3.55. The second-order valence-corrected chi connectivity index (χ2v) is 5.82. The topological polar surface area (TPSA) is 63.2 Å². The Balaban J connectivity index is 1.65. The lowest BCUT2D eigenvalue weighted by Gasteiger charge is -2.10. The van der Waals surface area contributed by atoms with Crippen LogP contribution >= 0.6 is 0 Å². The number of pyridine rings is 1. The second kappa shape index (κ2) is 7.99. The number of carbonyl (C=O) groups is 1. The lowest BCUT2D eigenvalue weighted by atomic mass is 10.2. The first kappa shape index (κ1) is 19.2. The van der Waals surface area contributed by atoms with Gasteiger partial charge in [0.25, 0.3) is 5.91 Å². The van der Waals surface area contributed by atoms with Crippen LogP contribution in [0.5, 0.6) is 5.75 Å². The van der Waals surface area contributed by atoms with E-state index in [1.807, 2.05) is 0 Å². The molecule has 8 heteroatoms. The molecule has 0 atom stereocenters. The number of nitrogens with zero attached hydrogens (tertiary/aromatic N) is 1. The number of rotatable bonds is 5. The van der Waals surface area contributed by atoms with E-state index in [1.54, 1.807) is 30.3 Å². The van der Waals surface area contributed by atoms with Crippen LogP contribution in [-0.2, 0) is 6.18 Å². The number of methoxy groups -OCH3 is 1. The van der Waals surface area contributed by atoms with Gasteiger partial charge in [0.15, 0.2) is 0 Å². The fourth-order valence-electron chi connectivity index (χ4n) is 2.41. The number of nitrogens with one attached hydrogen (secondary N) is 2. The van der Waals surface area contributed by atoms with E-state index in [9.17, 15) is 18.0 Å². The molecular weight excluding hydrogens is 371 g/mol. The molecule has 1 amide bonds. The zero-order chi connectivity index (χ0) is 20.1. The van der Waals surface area contributed by atoms with Crippen molar-refractivity contribution in [1.29, 1.82) is 0 Å². The zero-order valence-corrected chi connectivity index (χ0v) is 14.7. The number of ether oxygens (including phenoxy) is 1. The van der Waals surface area contributed by atoms with E-state index in [0.29, 0.717) is 22.8 Å². The predicted octanol–water partition coefficient (Wildman–Crippen LogP) is 5.10. The van der Waals surface area contributed by atoms with Gasteiger partial charge in [-0.1, -0.05) is 6.07 Å². The van der Waals surface area contributed by atoms with E-state index in [1.165, 1.54) is 31.5 Å². The summed E-state index contributed by atoms with van der Waals surface area (Å²) >= 11 is 0. The monoisotopic (exact) mass is 387 g/mol. The van der Waals surface area contributed by atoms with Crippen LogP contribution in [-0.4, -0.2) is 18.0 Å². The Morgan fingerprint density at radius 2 is 1.68 bits per heavy atom. The first-order valence-electron chi connectivity index (χ1n) is 8.21. The van der Waals surface area contributed by atoms with E-state index in [0.717, 1.165) is 12.1 Å². The molecule has 0 saturated carbocycles. The fraction of sp³-hybridized carbons (Fsp3) is 0.100. The third-order valence-electron chi connectivity index (χ3n) is 3.82. The number of benzene rings is 2. The van der Waals surface area contributed by atoms with Gasteiger partial charge >= 0.3 is 6.18 Å². The van der Waals surface area contributed by atoms with Gasteiger partial charge in [0.1, 0.15) is 11.4 Å². The largest absolute Gasteiger partial charge is 0.497 e. The number of hydrogen-bond acceptors (Lipinski definition) is 4. The number of amides is 1. The van der Waals surface area contributed by atoms with Gasteiger partial charge in [0, 0.05) is 17.4 Å². The molecule has 0 saturated heterocycles. The smallest absolute Gasteiger partial charge is 0.416 e. The third-order valence-corrected chi connectivity index (χ3v) is 3.82. The average Bonchev–Trinajstić information content (AvgIpc) is 2.68. The minimum atomic E-state index is -4.38. The van der Waals surface area contributed by atoms with Crippen LogP contribution in [0.4, 0.5) is 30.2 Å². The van der Waals surface area contributed by atoms with Gasteiger partial charge in [0.05, 0.1) is 24.6 Å². The summed E-state index contributed by atoms with van der Waals surface area (Å²) in [5.74, 6) is 0.219. The minimum Gasteiger partial charge on any atom is -0.497 e. The molecule has 0 aliphatic carbocycles. The Morgan fingerprint density at radius 1 is 0.964 bits per heavy atom. The summed E-state index contributed by atoms with van der Waals surface area (Å²) in [6.07, 6.45) is -2.95. The SMILES string of the molecule is COc1cccc(NC(=O)c2ccc(Nc3ccc(C(F)(F)F)cc3)cn2)c1. The molecule has 1 aromatic heterocycles. The van der Waals surface area contributed by atoms with Crippen LogP contribution in [0.3, 0.4) is 0 Å². The van der Waals surface area contributed by atoms with E-state index >= 15 is 0 Å². The highest BCUT2D eigenvalue weighted by Crippen LogP contribution is 2.30. The minimum absolute atomic E-state index is 0.195. The van der Waals surface area contributed by atoms with Crippen LogP contribution in [0.25, 0.3) is 0 Å². The van der Waals surface area contributed by atoms with E-state index in [4.69, 9.17) is 4.74 Å². The van der Waals surface area contributed by atoms with Gasteiger partial charge in [0.2, 0.25) is 0 Å². The molecule has 2 aromatic carbocycles. The molecule has 3 aromatic rings. The van der Waals surface area contributed by atoms with Crippen molar-refractivity contribution in [1.82, 2.24) is 4.98 Å². The summed E-state index contributed by atoms with van der Waals surface area (Å²) < 4.78 is 42.9. The fourth-order valence-corrected chi connectivity index (χ4v) is 2.41. The van der Waals surface area contributed by atoms with Gasteiger partial charge < -0.3 is 15.4 Å². The molecule has 0 spiro atoms. The van der Waals surface area contributed by atoms with E-state index in [-0.39, 0.29) is 5.69 Å². The molecule has 2 N–H and O–H groups in total. The molecule has 0 fully saturated rings. The molecule has 0 radical (unpaired) electrons. The lowest BCUT2D eigenvalue weighted by molar-refractivity contribution is -0.137. The summed E-state index contributed by atoms with van der Waals surface area (Å²) in [7, 11) is 1.53. The Bertz CT molecular complexity index is 956. The van der Waals surface area contributed by atoms with E-state index < -0.39 is 17.6 Å². The highest BCUT2D eigenvalue weighted by atomic mass is 19.4. The Morgan fingerprint density at radius 3 is 2.29 bits per heavy atom. The first-order valence-corrected chi connectivity index (χ1v) is 8.21. The van der Waals surface area contributed by atoms with Crippen LogP contribution in [0.2, 0.25) is 0 Å². The summed E-state index contributed by atoms with van der Waals surface area (Å²) in [6, 6.07) is 14.7. The Kier molecular flexibility index (Phi) is 5.49. The molecule has 5 nitrogen and oxygen atoms in total. The van der Waals surface area contributed by atoms with Crippen molar-refractivity contribution in [2.45, 2.75) is 6.18 Å². The molecule has 0 aliphatic heterocycles. The second-order valence-electron chi connectivity index (χ2n) is 5.82. The van der Waals surface area contributed by atoms with Crippen molar-refractivity contribution in [2.75, 3.05) is 17.7 Å². The molecule has 28 heavy (non-hydrogen) atoms. The Labute approximate surface area is 159 Å². The molecular formula is C20H16F3N3O2. The van der Waals surface area contributed by atoms with Crippen LogP contribution < -0.4 is 15.4 Å². The third kappa shape index (κ3) is 4.79. The normalized spacial score (nSPS) is 11.0. The molecule has 0 aliphatic rings. The average molecular weight is 387 g/mol. The summed E-state index contributed by atoms with van der Waals surface area (Å²) in [6.45, 7) is 0. The number of anilines is 3. The van der Waals surface area contributed by atoms with Crippen molar-refractivity contribution in [3.63, 3.8) is 0 Å². The number of aromatic nitrogens is 1. The van der Waals surface area contributed by atoms with Gasteiger partial charge in [-0.2, -0.15) is 13.2 Å². The van der Waals surface area contributed by atoms with Crippen LogP contribution in [0.1, 0.15) is 16.1 Å².